The first kappa shape index (κ1) is 16.7. The van der Waals surface area contributed by atoms with Crippen molar-refractivity contribution in [3.8, 4) is 0 Å². The number of nitrogens with one attached hydrogen (secondary N) is 1. The Hall–Kier alpha value is -0.620. The summed E-state index contributed by atoms with van der Waals surface area (Å²) in [6.45, 7) is -0.259. The number of benzene rings is 1. The first-order chi connectivity index (χ1) is 9.97. The molecule has 0 aromatic heterocycles. The highest BCUT2D eigenvalue weighted by Gasteiger charge is 2.23. The number of thioether (sulfide) groups is 1. The van der Waals surface area contributed by atoms with Crippen molar-refractivity contribution in [3.05, 3.63) is 27.2 Å². The molecule has 0 radical (unpaired) electrons. The summed E-state index contributed by atoms with van der Waals surface area (Å²) in [4.78, 5) is 23.6. The molecule has 1 aliphatic rings. The van der Waals surface area contributed by atoms with Gasteiger partial charge in [0.05, 0.1) is 20.8 Å². The highest BCUT2D eigenvalue weighted by Crippen LogP contribution is 2.37. The standard InChI is InChI=1S/C13H12Cl3NO3S/c14-8-3-4-9(13(16)12(8)15)21-6-11(19)20-5-10(18)17-7-1-2-7/h3-4,7H,1-2,5-6H2,(H,17,18). The molecular formula is C13H12Cl3NO3S. The lowest BCUT2D eigenvalue weighted by Gasteiger charge is -2.07. The van der Waals surface area contributed by atoms with Gasteiger partial charge in [-0.3, -0.25) is 9.59 Å². The van der Waals surface area contributed by atoms with E-state index in [2.05, 4.69) is 5.32 Å². The van der Waals surface area contributed by atoms with Crippen LogP contribution in [-0.4, -0.2) is 30.3 Å². The number of rotatable bonds is 6. The zero-order chi connectivity index (χ0) is 15.4. The van der Waals surface area contributed by atoms with Gasteiger partial charge in [0.2, 0.25) is 0 Å². The van der Waals surface area contributed by atoms with Gasteiger partial charge in [0.25, 0.3) is 5.91 Å². The van der Waals surface area contributed by atoms with Crippen molar-refractivity contribution in [1.82, 2.24) is 5.32 Å². The summed E-state index contributed by atoms with van der Waals surface area (Å²) in [6.07, 6.45) is 1.98. The van der Waals surface area contributed by atoms with E-state index in [9.17, 15) is 9.59 Å². The van der Waals surface area contributed by atoms with E-state index in [1.54, 1.807) is 12.1 Å². The molecule has 0 unspecified atom stereocenters. The number of ether oxygens (including phenoxy) is 1. The molecule has 0 bridgehead atoms. The van der Waals surface area contributed by atoms with E-state index < -0.39 is 5.97 Å². The average molecular weight is 369 g/mol. The van der Waals surface area contributed by atoms with Crippen LogP contribution in [-0.2, 0) is 14.3 Å². The maximum atomic E-state index is 11.6. The molecule has 1 amide bonds. The SMILES string of the molecule is O=C(COC(=O)CSc1ccc(Cl)c(Cl)c1Cl)NC1CC1. The molecule has 1 fully saturated rings. The van der Waals surface area contributed by atoms with Gasteiger partial charge in [-0.15, -0.1) is 11.8 Å². The number of halogens is 3. The molecule has 1 saturated carbocycles. The fraction of sp³-hybridized carbons (Fsp3) is 0.385. The smallest absolute Gasteiger partial charge is 0.316 e. The fourth-order valence-corrected chi connectivity index (χ4v) is 2.95. The maximum absolute atomic E-state index is 11.6. The molecule has 0 heterocycles. The predicted octanol–water partition coefficient (Wildman–Crippen LogP) is 3.56. The van der Waals surface area contributed by atoms with Crippen LogP contribution in [0, 0.1) is 0 Å². The number of amides is 1. The van der Waals surface area contributed by atoms with Gasteiger partial charge in [-0.25, -0.2) is 0 Å². The topological polar surface area (TPSA) is 55.4 Å². The summed E-state index contributed by atoms with van der Waals surface area (Å²) in [5, 5.41) is 3.63. The Morgan fingerprint density at radius 1 is 1.24 bits per heavy atom. The quantitative estimate of drug-likeness (QED) is 0.474. The van der Waals surface area contributed by atoms with Crippen LogP contribution in [0.25, 0.3) is 0 Å². The zero-order valence-electron chi connectivity index (χ0n) is 10.8. The Bertz CT molecular complexity index is 564. The van der Waals surface area contributed by atoms with Gasteiger partial charge >= 0.3 is 5.97 Å². The second-order valence-corrected chi connectivity index (χ2v) is 6.64. The molecule has 1 N–H and O–H groups in total. The largest absolute Gasteiger partial charge is 0.455 e. The molecule has 1 aliphatic carbocycles. The number of carbonyl (C=O) groups is 2. The third-order valence-corrected chi connectivity index (χ3v) is 5.09. The van der Waals surface area contributed by atoms with E-state index in [1.165, 1.54) is 11.8 Å². The van der Waals surface area contributed by atoms with E-state index in [1.807, 2.05) is 0 Å². The first-order valence-electron chi connectivity index (χ1n) is 6.18. The number of hydrogen-bond donors (Lipinski definition) is 1. The minimum atomic E-state index is -0.493. The summed E-state index contributed by atoms with van der Waals surface area (Å²) in [5.74, 6) is -0.731. The maximum Gasteiger partial charge on any atom is 0.316 e. The summed E-state index contributed by atoms with van der Waals surface area (Å²) in [6, 6.07) is 3.53. The molecule has 8 heteroatoms. The summed E-state index contributed by atoms with van der Waals surface area (Å²) >= 11 is 18.9. The zero-order valence-corrected chi connectivity index (χ0v) is 13.9. The molecule has 0 saturated heterocycles. The number of hydrogen-bond acceptors (Lipinski definition) is 4. The predicted molar refractivity (Wildman–Crippen MR) is 84.3 cm³/mol. The molecule has 2 rings (SSSR count). The van der Waals surface area contributed by atoms with Crippen molar-refractivity contribution in [2.45, 2.75) is 23.8 Å². The average Bonchev–Trinajstić information content (AvgIpc) is 3.25. The van der Waals surface area contributed by atoms with E-state index in [0.29, 0.717) is 14.9 Å². The van der Waals surface area contributed by atoms with E-state index >= 15 is 0 Å². The summed E-state index contributed by atoms with van der Waals surface area (Å²) < 4.78 is 4.87. The molecule has 0 atom stereocenters. The minimum Gasteiger partial charge on any atom is -0.455 e. The number of esters is 1. The Balaban J connectivity index is 1.75. The lowest BCUT2D eigenvalue weighted by Crippen LogP contribution is -2.30. The third kappa shape index (κ3) is 5.25. The van der Waals surface area contributed by atoms with E-state index in [-0.39, 0.29) is 29.3 Å². The van der Waals surface area contributed by atoms with Crippen LogP contribution >= 0.6 is 46.6 Å². The molecule has 21 heavy (non-hydrogen) atoms. The van der Waals surface area contributed by atoms with Gasteiger partial charge in [-0.2, -0.15) is 0 Å². The molecule has 0 aliphatic heterocycles. The minimum absolute atomic E-state index is 0.0361. The first-order valence-corrected chi connectivity index (χ1v) is 8.30. The molecule has 1 aromatic carbocycles. The van der Waals surface area contributed by atoms with Crippen LogP contribution in [0.2, 0.25) is 15.1 Å². The van der Waals surface area contributed by atoms with Crippen LogP contribution < -0.4 is 5.32 Å². The van der Waals surface area contributed by atoms with Crippen LogP contribution in [0.15, 0.2) is 17.0 Å². The lowest BCUT2D eigenvalue weighted by molar-refractivity contribution is -0.145. The van der Waals surface area contributed by atoms with Gasteiger partial charge in [0, 0.05) is 10.9 Å². The van der Waals surface area contributed by atoms with Crippen molar-refractivity contribution in [1.29, 1.82) is 0 Å². The van der Waals surface area contributed by atoms with Crippen molar-refractivity contribution < 1.29 is 14.3 Å². The van der Waals surface area contributed by atoms with Crippen LogP contribution in [0.3, 0.4) is 0 Å². The van der Waals surface area contributed by atoms with Crippen LogP contribution in [0.1, 0.15) is 12.8 Å². The highest BCUT2D eigenvalue weighted by atomic mass is 35.5. The van der Waals surface area contributed by atoms with Gasteiger partial charge in [-0.05, 0) is 25.0 Å². The summed E-state index contributed by atoms with van der Waals surface area (Å²) in [7, 11) is 0. The van der Waals surface area contributed by atoms with Crippen molar-refractivity contribution in [2.75, 3.05) is 12.4 Å². The van der Waals surface area contributed by atoms with Gasteiger partial charge in [0.15, 0.2) is 6.61 Å². The van der Waals surface area contributed by atoms with E-state index in [0.717, 1.165) is 12.8 Å². The van der Waals surface area contributed by atoms with Gasteiger partial charge in [-0.1, -0.05) is 34.8 Å². The third-order valence-electron chi connectivity index (χ3n) is 2.65. The van der Waals surface area contributed by atoms with Crippen LogP contribution in [0.5, 0.6) is 0 Å². The lowest BCUT2D eigenvalue weighted by atomic mass is 10.4. The van der Waals surface area contributed by atoms with Gasteiger partial charge < -0.3 is 10.1 Å². The Kier molecular flexibility index (Phi) is 6.05. The molecule has 4 nitrogen and oxygen atoms in total. The Morgan fingerprint density at radius 3 is 2.62 bits per heavy atom. The molecule has 0 spiro atoms. The Labute approximate surface area is 141 Å². The van der Waals surface area contributed by atoms with Crippen molar-refractivity contribution >= 4 is 58.4 Å². The van der Waals surface area contributed by atoms with Crippen LogP contribution in [0.4, 0.5) is 0 Å². The monoisotopic (exact) mass is 367 g/mol. The highest BCUT2D eigenvalue weighted by molar-refractivity contribution is 8.00. The number of carbonyl (C=O) groups excluding carboxylic acids is 2. The van der Waals surface area contributed by atoms with Crippen molar-refractivity contribution in [3.63, 3.8) is 0 Å². The van der Waals surface area contributed by atoms with Gasteiger partial charge in [0.1, 0.15) is 0 Å². The Morgan fingerprint density at radius 2 is 1.95 bits per heavy atom. The van der Waals surface area contributed by atoms with Crippen molar-refractivity contribution in [2.24, 2.45) is 0 Å². The fourth-order valence-electron chi connectivity index (χ4n) is 1.44. The molecule has 114 valence electrons. The normalized spacial score (nSPS) is 13.9. The summed E-state index contributed by atoms with van der Waals surface area (Å²) in [5.41, 5.74) is 0. The second-order valence-electron chi connectivity index (χ2n) is 4.46. The molecule has 1 aromatic rings. The molecular weight excluding hydrogens is 357 g/mol. The second kappa shape index (κ2) is 7.58. The van der Waals surface area contributed by atoms with E-state index in [4.69, 9.17) is 39.5 Å².